The van der Waals surface area contributed by atoms with Gasteiger partial charge in [0.2, 0.25) is 0 Å². The molecule has 0 aromatic heterocycles. The van der Waals surface area contributed by atoms with E-state index < -0.39 is 0 Å². The molecule has 0 fully saturated rings. The molecule has 0 rings (SSSR count). The molecule has 0 bridgehead atoms. The molecule has 60 valence electrons. The lowest BCUT2D eigenvalue weighted by atomic mass is 10.1. The molecule has 0 saturated heterocycles. The van der Waals surface area contributed by atoms with Crippen LogP contribution in [0, 0.1) is 0 Å². The molecule has 0 radical (unpaired) electrons. The van der Waals surface area contributed by atoms with Gasteiger partial charge in [-0.05, 0) is 19.3 Å². The van der Waals surface area contributed by atoms with Crippen molar-refractivity contribution in [1.29, 1.82) is 0 Å². The van der Waals surface area contributed by atoms with Gasteiger partial charge in [0.25, 0.3) is 0 Å². The molecule has 0 aromatic rings. The molecule has 10 heavy (non-hydrogen) atoms. The minimum atomic E-state index is 1.10. The summed E-state index contributed by atoms with van der Waals surface area (Å²) in [6.45, 7) is 4.35. The number of unbranched alkanes of at least 4 members (excludes halogenated alkanes) is 1. The number of hydrazine groups is 1. The number of nitrogens with one attached hydrogen (secondary N) is 1. The maximum absolute atomic E-state index is 5.15. The average Bonchev–Trinajstić information content (AvgIpc) is 1.98. The van der Waals surface area contributed by atoms with Crippen molar-refractivity contribution in [2.75, 3.05) is 0 Å². The summed E-state index contributed by atoms with van der Waals surface area (Å²) in [7, 11) is 0. The first-order valence-electron chi connectivity index (χ1n) is 3.99. The van der Waals surface area contributed by atoms with Gasteiger partial charge in [0.1, 0.15) is 0 Å². The van der Waals surface area contributed by atoms with Gasteiger partial charge in [-0.1, -0.05) is 25.8 Å². The van der Waals surface area contributed by atoms with Gasteiger partial charge in [-0.3, -0.25) is 5.84 Å². The molecule has 0 heterocycles. The van der Waals surface area contributed by atoms with E-state index in [9.17, 15) is 0 Å². The van der Waals surface area contributed by atoms with E-state index in [2.05, 4.69) is 19.3 Å². The molecule has 3 N–H and O–H groups in total. The first-order valence-corrected chi connectivity index (χ1v) is 3.99. The van der Waals surface area contributed by atoms with Crippen molar-refractivity contribution in [2.24, 2.45) is 5.84 Å². The highest BCUT2D eigenvalue weighted by Gasteiger charge is 1.91. The van der Waals surface area contributed by atoms with E-state index in [0.717, 1.165) is 6.42 Å². The van der Waals surface area contributed by atoms with Crippen molar-refractivity contribution in [2.45, 2.75) is 39.5 Å². The second-order valence-electron chi connectivity index (χ2n) is 2.43. The fourth-order valence-corrected chi connectivity index (χ4v) is 0.873. The monoisotopic (exact) mass is 142 g/mol. The van der Waals surface area contributed by atoms with Gasteiger partial charge in [0.05, 0.1) is 0 Å². The van der Waals surface area contributed by atoms with Gasteiger partial charge >= 0.3 is 0 Å². The van der Waals surface area contributed by atoms with Crippen LogP contribution in [-0.2, 0) is 0 Å². The number of allylic oxidation sites excluding steroid dienone is 1. The number of nitrogens with two attached hydrogens (primary N) is 1. The van der Waals surface area contributed by atoms with Crippen molar-refractivity contribution in [1.82, 2.24) is 5.43 Å². The summed E-state index contributed by atoms with van der Waals surface area (Å²) in [5.74, 6) is 5.15. The topological polar surface area (TPSA) is 38.0 Å². The molecule has 2 heteroatoms. The summed E-state index contributed by atoms with van der Waals surface area (Å²) in [4.78, 5) is 0. The second kappa shape index (κ2) is 6.62. The zero-order valence-electron chi connectivity index (χ0n) is 6.98. The summed E-state index contributed by atoms with van der Waals surface area (Å²) < 4.78 is 0. The Morgan fingerprint density at radius 1 is 1.50 bits per heavy atom. The number of hydrogen-bond acceptors (Lipinski definition) is 2. The van der Waals surface area contributed by atoms with Crippen molar-refractivity contribution < 1.29 is 0 Å². The van der Waals surface area contributed by atoms with Gasteiger partial charge < -0.3 is 5.43 Å². The Hall–Kier alpha value is -0.500. The Kier molecular flexibility index (Phi) is 6.29. The lowest BCUT2D eigenvalue weighted by Crippen LogP contribution is -2.14. The van der Waals surface area contributed by atoms with Crippen LogP contribution < -0.4 is 11.3 Å². The third-order valence-electron chi connectivity index (χ3n) is 1.59. The predicted molar refractivity (Wildman–Crippen MR) is 45.2 cm³/mol. The zero-order chi connectivity index (χ0) is 7.82. The van der Waals surface area contributed by atoms with Crippen molar-refractivity contribution >= 4 is 0 Å². The Bertz CT molecular complexity index is 97.4. The van der Waals surface area contributed by atoms with Gasteiger partial charge in [-0.2, -0.15) is 0 Å². The van der Waals surface area contributed by atoms with E-state index in [1.165, 1.54) is 24.8 Å². The normalized spacial score (nSPS) is 11.7. The van der Waals surface area contributed by atoms with Crippen LogP contribution in [0.15, 0.2) is 11.8 Å². The SMILES string of the molecule is CCCC/C(=C\NN)CC. The van der Waals surface area contributed by atoms with Gasteiger partial charge in [0, 0.05) is 6.20 Å². The van der Waals surface area contributed by atoms with Crippen LogP contribution in [0.5, 0.6) is 0 Å². The molecule has 0 saturated carbocycles. The van der Waals surface area contributed by atoms with Crippen molar-refractivity contribution in [3.63, 3.8) is 0 Å². The van der Waals surface area contributed by atoms with Crippen molar-refractivity contribution in [3.05, 3.63) is 11.8 Å². The Morgan fingerprint density at radius 2 is 2.20 bits per heavy atom. The molecule has 0 aliphatic heterocycles. The van der Waals surface area contributed by atoms with Crippen LogP contribution >= 0.6 is 0 Å². The third kappa shape index (κ3) is 4.39. The highest BCUT2D eigenvalue weighted by molar-refractivity contribution is 4.98. The molecule has 0 aliphatic carbocycles. The summed E-state index contributed by atoms with van der Waals surface area (Å²) in [5, 5.41) is 0. The van der Waals surface area contributed by atoms with E-state index in [-0.39, 0.29) is 0 Å². The summed E-state index contributed by atoms with van der Waals surface area (Å²) in [5.41, 5.74) is 3.97. The third-order valence-corrected chi connectivity index (χ3v) is 1.59. The fourth-order valence-electron chi connectivity index (χ4n) is 0.873. The largest absolute Gasteiger partial charge is 0.331 e. The van der Waals surface area contributed by atoms with E-state index in [0.29, 0.717) is 0 Å². The number of rotatable bonds is 5. The Labute approximate surface area is 63.5 Å². The lowest BCUT2D eigenvalue weighted by molar-refractivity contribution is 0.754. The zero-order valence-corrected chi connectivity index (χ0v) is 6.98. The molecular weight excluding hydrogens is 124 g/mol. The van der Waals surface area contributed by atoms with Gasteiger partial charge in [-0.15, -0.1) is 0 Å². The standard InChI is InChI=1S/C8H18N2/c1-3-5-6-8(4-2)7-10-9/h7,10H,3-6,9H2,1-2H3/b8-7-. The maximum atomic E-state index is 5.15. The smallest absolute Gasteiger partial charge is 0.0114 e. The molecule has 2 nitrogen and oxygen atoms in total. The molecule has 0 aromatic carbocycles. The fraction of sp³-hybridized carbons (Fsp3) is 0.750. The van der Waals surface area contributed by atoms with Gasteiger partial charge in [-0.25, -0.2) is 0 Å². The van der Waals surface area contributed by atoms with E-state index in [1.807, 2.05) is 6.20 Å². The van der Waals surface area contributed by atoms with Crippen LogP contribution in [-0.4, -0.2) is 0 Å². The Morgan fingerprint density at radius 3 is 2.60 bits per heavy atom. The van der Waals surface area contributed by atoms with Gasteiger partial charge in [0.15, 0.2) is 0 Å². The summed E-state index contributed by atoms with van der Waals surface area (Å²) >= 11 is 0. The quantitative estimate of drug-likeness (QED) is 0.454. The second-order valence-corrected chi connectivity index (χ2v) is 2.43. The predicted octanol–water partition coefficient (Wildman–Crippen LogP) is 1.93. The summed E-state index contributed by atoms with van der Waals surface area (Å²) in [6, 6.07) is 0. The van der Waals surface area contributed by atoms with Crippen LogP contribution in [0.4, 0.5) is 0 Å². The van der Waals surface area contributed by atoms with E-state index >= 15 is 0 Å². The van der Waals surface area contributed by atoms with Crippen LogP contribution in [0.3, 0.4) is 0 Å². The van der Waals surface area contributed by atoms with Crippen LogP contribution in [0.1, 0.15) is 39.5 Å². The molecule has 0 unspecified atom stereocenters. The van der Waals surface area contributed by atoms with E-state index in [1.54, 1.807) is 0 Å². The van der Waals surface area contributed by atoms with E-state index in [4.69, 9.17) is 5.84 Å². The minimum absolute atomic E-state index is 1.10. The highest BCUT2D eigenvalue weighted by Crippen LogP contribution is 2.08. The molecule has 0 aliphatic rings. The molecule has 0 amide bonds. The number of hydrogen-bond donors (Lipinski definition) is 2. The van der Waals surface area contributed by atoms with Crippen molar-refractivity contribution in [3.8, 4) is 0 Å². The lowest BCUT2D eigenvalue weighted by Gasteiger charge is -2.01. The average molecular weight is 142 g/mol. The molecule has 0 atom stereocenters. The minimum Gasteiger partial charge on any atom is -0.331 e. The maximum Gasteiger partial charge on any atom is 0.0114 e. The summed E-state index contributed by atoms with van der Waals surface area (Å²) in [6.07, 6.45) is 6.69. The van der Waals surface area contributed by atoms with Crippen LogP contribution in [0.2, 0.25) is 0 Å². The molecule has 0 spiro atoms. The first-order chi connectivity index (χ1) is 4.85. The highest BCUT2D eigenvalue weighted by atomic mass is 15.2. The molecular formula is C8H18N2. The van der Waals surface area contributed by atoms with Crippen LogP contribution in [0.25, 0.3) is 0 Å². The Balaban J connectivity index is 3.49. The first kappa shape index (κ1) is 9.50.